The molecular formula is C24H25NO6. The number of hydrogen-bond donors (Lipinski definition) is 1. The summed E-state index contributed by atoms with van der Waals surface area (Å²) < 4.78 is 16.1. The lowest BCUT2D eigenvalue weighted by Crippen LogP contribution is -2.34. The molecule has 1 amide bonds. The summed E-state index contributed by atoms with van der Waals surface area (Å²) in [6, 6.07) is 11.7. The Morgan fingerprint density at radius 2 is 1.87 bits per heavy atom. The molecule has 0 aliphatic carbocycles. The standard InChI is InChI=1S/C24H25NO6/c1-5-16(4)25-23(27)19-11-17-7-8-18(12-21(17)31-24(19)28)30-22(26)13-29-20-9-6-14(2)10-15(20)3/h6-12,16H,5,13H2,1-4H3,(H,25,27). The monoisotopic (exact) mass is 423 g/mol. The predicted octanol–water partition coefficient (Wildman–Crippen LogP) is 3.92. The molecule has 0 saturated carbocycles. The molecule has 0 saturated heterocycles. The molecule has 1 unspecified atom stereocenters. The van der Waals surface area contributed by atoms with E-state index in [2.05, 4.69) is 5.32 Å². The average Bonchev–Trinajstić information content (AvgIpc) is 2.72. The highest BCUT2D eigenvalue weighted by atomic mass is 16.6. The smallest absolute Gasteiger partial charge is 0.349 e. The summed E-state index contributed by atoms with van der Waals surface area (Å²) in [4.78, 5) is 36.7. The van der Waals surface area contributed by atoms with Crippen LogP contribution in [0.5, 0.6) is 11.5 Å². The third kappa shape index (κ3) is 5.51. The van der Waals surface area contributed by atoms with Crippen molar-refractivity contribution >= 4 is 22.8 Å². The van der Waals surface area contributed by atoms with Gasteiger partial charge in [-0.25, -0.2) is 9.59 Å². The maximum atomic E-state index is 12.3. The predicted molar refractivity (Wildman–Crippen MR) is 117 cm³/mol. The number of nitrogens with one attached hydrogen (secondary N) is 1. The first-order valence-electron chi connectivity index (χ1n) is 10.1. The molecule has 7 nitrogen and oxygen atoms in total. The van der Waals surface area contributed by atoms with Crippen molar-refractivity contribution in [1.29, 1.82) is 0 Å². The van der Waals surface area contributed by atoms with Gasteiger partial charge in [0.1, 0.15) is 22.6 Å². The Labute approximate surface area is 180 Å². The number of esters is 1. The normalized spacial score (nSPS) is 11.7. The second kappa shape index (κ2) is 9.47. The zero-order valence-electron chi connectivity index (χ0n) is 18.0. The molecule has 0 aliphatic rings. The largest absolute Gasteiger partial charge is 0.482 e. The summed E-state index contributed by atoms with van der Waals surface area (Å²) in [5.41, 5.74) is 1.42. The van der Waals surface area contributed by atoms with Crippen LogP contribution in [-0.4, -0.2) is 24.5 Å². The Hall–Kier alpha value is -3.61. The van der Waals surface area contributed by atoms with Crippen LogP contribution >= 0.6 is 0 Å². The fourth-order valence-corrected chi connectivity index (χ4v) is 2.98. The molecule has 2 aromatic carbocycles. The van der Waals surface area contributed by atoms with E-state index in [1.807, 2.05) is 39.8 Å². The summed E-state index contributed by atoms with van der Waals surface area (Å²) in [6.45, 7) is 7.40. The fourth-order valence-electron chi connectivity index (χ4n) is 2.98. The van der Waals surface area contributed by atoms with Gasteiger partial charge >= 0.3 is 11.6 Å². The van der Waals surface area contributed by atoms with Gasteiger partial charge in [-0.1, -0.05) is 24.6 Å². The lowest BCUT2D eigenvalue weighted by atomic mass is 10.1. The molecule has 1 heterocycles. The van der Waals surface area contributed by atoms with E-state index in [4.69, 9.17) is 13.9 Å². The highest BCUT2D eigenvalue weighted by Crippen LogP contribution is 2.22. The molecule has 1 aromatic heterocycles. The van der Waals surface area contributed by atoms with E-state index in [1.165, 1.54) is 12.1 Å². The number of carbonyl (C=O) groups is 2. The highest BCUT2D eigenvalue weighted by Gasteiger charge is 2.16. The minimum Gasteiger partial charge on any atom is -0.482 e. The van der Waals surface area contributed by atoms with Crippen molar-refractivity contribution in [2.45, 2.75) is 40.2 Å². The number of benzene rings is 2. The lowest BCUT2D eigenvalue weighted by molar-refractivity contribution is -0.136. The maximum absolute atomic E-state index is 12.3. The van der Waals surface area contributed by atoms with E-state index in [1.54, 1.807) is 18.2 Å². The van der Waals surface area contributed by atoms with E-state index < -0.39 is 17.5 Å². The molecule has 3 rings (SSSR count). The molecule has 31 heavy (non-hydrogen) atoms. The van der Waals surface area contributed by atoms with Crippen molar-refractivity contribution in [3.05, 3.63) is 69.6 Å². The summed E-state index contributed by atoms with van der Waals surface area (Å²) in [5.74, 6) is -0.257. The number of ether oxygens (including phenoxy) is 2. The molecule has 0 radical (unpaired) electrons. The average molecular weight is 423 g/mol. The van der Waals surface area contributed by atoms with Crippen molar-refractivity contribution in [2.24, 2.45) is 0 Å². The van der Waals surface area contributed by atoms with Crippen LogP contribution in [0.4, 0.5) is 0 Å². The molecule has 0 aliphatic heterocycles. The molecule has 162 valence electrons. The van der Waals surface area contributed by atoms with E-state index >= 15 is 0 Å². The second-order valence-corrected chi connectivity index (χ2v) is 7.46. The van der Waals surface area contributed by atoms with Gasteiger partial charge in [0.05, 0.1) is 0 Å². The zero-order valence-corrected chi connectivity index (χ0v) is 18.0. The summed E-state index contributed by atoms with van der Waals surface area (Å²) in [7, 11) is 0. The van der Waals surface area contributed by atoms with Crippen molar-refractivity contribution < 1.29 is 23.5 Å². The van der Waals surface area contributed by atoms with Gasteiger partial charge in [0.2, 0.25) is 0 Å². The van der Waals surface area contributed by atoms with Crippen LogP contribution in [0.1, 0.15) is 41.8 Å². The molecule has 1 N–H and O–H groups in total. The Bertz CT molecular complexity index is 1180. The summed E-state index contributed by atoms with van der Waals surface area (Å²) in [5, 5.41) is 3.28. The van der Waals surface area contributed by atoms with Gasteiger partial charge in [-0.15, -0.1) is 0 Å². The molecule has 7 heteroatoms. The first-order valence-corrected chi connectivity index (χ1v) is 10.1. The van der Waals surface area contributed by atoms with Crippen molar-refractivity contribution in [3.8, 4) is 11.5 Å². The molecule has 0 spiro atoms. The van der Waals surface area contributed by atoms with Gasteiger partial charge in [0, 0.05) is 17.5 Å². The van der Waals surface area contributed by atoms with Crippen LogP contribution < -0.4 is 20.4 Å². The number of fused-ring (bicyclic) bond motifs is 1. The third-order valence-corrected chi connectivity index (χ3v) is 4.85. The van der Waals surface area contributed by atoms with Gasteiger partial charge in [0.25, 0.3) is 5.91 Å². The van der Waals surface area contributed by atoms with Crippen molar-refractivity contribution in [3.63, 3.8) is 0 Å². The van der Waals surface area contributed by atoms with Crippen molar-refractivity contribution in [2.75, 3.05) is 6.61 Å². The van der Waals surface area contributed by atoms with Crippen LogP contribution in [0.2, 0.25) is 0 Å². The highest BCUT2D eigenvalue weighted by molar-refractivity contribution is 5.97. The SMILES string of the molecule is CCC(C)NC(=O)c1cc2ccc(OC(=O)COc3ccc(C)cc3C)cc2oc1=O. The number of amides is 1. The Morgan fingerprint density at radius 3 is 2.58 bits per heavy atom. The number of rotatable bonds is 7. The van der Waals surface area contributed by atoms with Crippen LogP contribution in [0.15, 0.2) is 51.7 Å². The zero-order chi connectivity index (χ0) is 22.5. The molecular weight excluding hydrogens is 398 g/mol. The lowest BCUT2D eigenvalue weighted by Gasteiger charge is -2.11. The topological polar surface area (TPSA) is 94.8 Å². The fraction of sp³-hybridized carbons (Fsp3) is 0.292. The number of hydrogen-bond acceptors (Lipinski definition) is 6. The van der Waals surface area contributed by atoms with Crippen LogP contribution in [0.25, 0.3) is 11.0 Å². The van der Waals surface area contributed by atoms with E-state index in [9.17, 15) is 14.4 Å². The molecule has 0 fully saturated rings. The first kappa shape index (κ1) is 22.1. The first-order chi connectivity index (χ1) is 14.8. The van der Waals surface area contributed by atoms with Crippen LogP contribution in [0.3, 0.4) is 0 Å². The quantitative estimate of drug-likeness (QED) is 0.352. The third-order valence-electron chi connectivity index (χ3n) is 4.85. The Morgan fingerprint density at radius 1 is 1.10 bits per heavy atom. The Kier molecular flexibility index (Phi) is 6.74. The second-order valence-electron chi connectivity index (χ2n) is 7.46. The van der Waals surface area contributed by atoms with Gasteiger partial charge in [0.15, 0.2) is 6.61 Å². The molecule has 3 aromatic rings. The van der Waals surface area contributed by atoms with E-state index in [0.29, 0.717) is 11.1 Å². The maximum Gasteiger partial charge on any atom is 0.349 e. The van der Waals surface area contributed by atoms with Gasteiger partial charge in [-0.2, -0.15) is 0 Å². The van der Waals surface area contributed by atoms with Crippen LogP contribution in [0, 0.1) is 13.8 Å². The summed E-state index contributed by atoms with van der Waals surface area (Å²) >= 11 is 0. The van der Waals surface area contributed by atoms with Gasteiger partial charge in [-0.3, -0.25) is 4.79 Å². The number of carbonyl (C=O) groups excluding carboxylic acids is 2. The van der Waals surface area contributed by atoms with E-state index in [-0.39, 0.29) is 29.5 Å². The minimum atomic E-state index is -0.755. The Balaban J connectivity index is 1.70. The van der Waals surface area contributed by atoms with Gasteiger partial charge < -0.3 is 19.2 Å². The molecule has 1 atom stereocenters. The van der Waals surface area contributed by atoms with Crippen molar-refractivity contribution in [1.82, 2.24) is 5.32 Å². The van der Waals surface area contributed by atoms with Crippen LogP contribution in [-0.2, 0) is 4.79 Å². The number of aryl methyl sites for hydroxylation is 2. The summed E-state index contributed by atoms with van der Waals surface area (Å²) in [6.07, 6.45) is 0.743. The molecule has 0 bridgehead atoms. The minimum absolute atomic E-state index is 0.0599. The van der Waals surface area contributed by atoms with E-state index in [0.717, 1.165) is 17.5 Å². The van der Waals surface area contributed by atoms with Gasteiger partial charge in [-0.05, 0) is 57.0 Å².